The van der Waals surface area contributed by atoms with Gasteiger partial charge in [-0.3, -0.25) is 14.5 Å². The Morgan fingerprint density at radius 2 is 1.68 bits per heavy atom. The second-order valence-electron chi connectivity index (χ2n) is 7.14. The monoisotopic (exact) mass is 481 g/mol. The van der Waals surface area contributed by atoms with E-state index in [-0.39, 0.29) is 34.1 Å². The Kier molecular flexibility index (Phi) is 6.74. The van der Waals surface area contributed by atoms with Crippen LogP contribution in [0.1, 0.15) is 21.5 Å². The Morgan fingerprint density at radius 1 is 0.971 bits per heavy atom. The molecule has 0 radical (unpaired) electrons. The maximum atomic E-state index is 13.9. The standard InChI is InChI=1S/C25H17F2NO5S/c1-32-21-12-15(10-11-20(21)33-24(30)17-7-3-5-9-19(17)27)13-22-23(29)28(25(31)34-22)14-16-6-2-4-8-18(16)26/h2-13H,14H2,1H3/b22-13-. The van der Waals surface area contributed by atoms with E-state index in [4.69, 9.17) is 9.47 Å². The Morgan fingerprint density at radius 3 is 2.38 bits per heavy atom. The van der Waals surface area contributed by atoms with Crippen molar-refractivity contribution in [3.05, 3.63) is 100.0 Å². The summed E-state index contributed by atoms with van der Waals surface area (Å²) < 4.78 is 38.3. The lowest BCUT2D eigenvalue weighted by Gasteiger charge is -2.13. The quantitative estimate of drug-likeness (QED) is 0.266. The van der Waals surface area contributed by atoms with E-state index < -0.39 is 28.8 Å². The second kappa shape index (κ2) is 9.88. The van der Waals surface area contributed by atoms with Gasteiger partial charge in [0.2, 0.25) is 0 Å². The number of ether oxygens (including phenoxy) is 2. The van der Waals surface area contributed by atoms with Crippen molar-refractivity contribution in [2.24, 2.45) is 0 Å². The average molecular weight is 481 g/mol. The summed E-state index contributed by atoms with van der Waals surface area (Å²) in [6.45, 7) is -0.178. The number of benzene rings is 3. The predicted molar refractivity (Wildman–Crippen MR) is 122 cm³/mol. The summed E-state index contributed by atoms with van der Waals surface area (Å²) in [6, 6.07) is 15.8. The number of carbonyl (C=O) groups is 3. The molecule has 6 nitrogen and oxygen atoms in total. The van der Waals surface area contributed by atoms with Gasteiger partial charge >= 0.3 is 5.97 Å². The molecule has 34 heavy (non-hydrogen) atoms. The molecule has 9 heteroatoms. The van der Waals surface area contributed by atoms with Crippen molar-refractivity contribution >= 4 is 35.0 Å². The molecule has 1 saturated heterocycles. The second-order valence-corrected chi connectivity index (χ2v) is 8.13. The molecule has 0 unspecified atom stereocenters. The Hall–Kier alpha value is -3.98. The van der Waals surface area contributed by atoms with E-state index in [1.807, 2.05) is 0 Å². The first-order valence-corrected chi connectivity index (χ1v) is 10.8. The molecule has 1 aliphatic rings. The normalized spacial score (nSPS) is 14.6. The van der Waals surface area contributed by atoms with E-state index in [9.17, 15) is 23.2 Å². The topological polar surface area (TPSA) is 72.9 Å². The van der Waals surface area contributed by atoms with Crippen molar-refractivity contribution < 1.29 is 32.6 Å². The molecule has 1 fully saturated rings. The fourth-order valence-electron chi connectivity index (χ4n) is 3.22. The summed E-state index contributed by atoms with van der Waals surface area (Å²) in [6.07, 6.45) is 1.48. The van der Waals surface area contributed by atoms with Crippen LogP contribution in [0.2, 0.25) is 0 Å². The minimum Gasteiger partial charge on any atom is -0.493 e. The molecular weight excluding hydrogens is 464 g/mol. The highest BCUT2D eigenvalue weighted by molar-refractivity contribution is 8.18. The van der Waals surface area contributed by atoms with Crippen LogP contribution < -0.4 is 9.47 Å². The molecular formula is C25H17F2NO5S. The minimum absolute atomic E-state index is 0.0561. The average Bonchev–Trinajstić information content (AvgIpc) is 3.08. The largest absolute Gasteiger partial charge is 0.493 e. The van der Waals surface area contributed by atoms with Gasteiger partial charge in [-0.2, -0.15) is 0 Å². The first kappa shape index (κ1) is 23.2. The molecule has 0 atom stereocenters. The number of thioether (sulfide) groups is 1. The van der Waals surface area contributed by atoms with Crippen LogP contribution in [0, 0.1) is 11.6 Å². The summed E-state index contributed by atoms with van der Waals surface area (Å²) >= 11 is 0.737. The third-order valence-electron chi connectivity index (χ3n) is 4.94. The van der Waals surface area contributed by atoms with Gasteiger partial charge in [-0.15, -0.1) is 0 Å². The first-order chi connectivity index (χ1) is 16.4. The van der Waals surface area contributed by atoms with Gasteiger partial charge < -0.3 is 9.47 Å². The molecule has 0 aromatic heterocycles. The SMILES string of the molecule is COc1cc(/C=C2\SC(=O)N(Cc3ccccc3F)C2=O)ccc1OC(=O)c1ccccc1F. The maximum absolute atomic E-state index is 13.9. The lowest BCUT2D eigenvalue weighted by Crippen LogP contribution is -2.27. The third-order valence-corrected chi connectivity index (χ3v) is 5.85. The van der Waals surface area contributed by atoms with E-state index in [1.54, 1.807) is 12.1 Å². The van der Waals surface area contributed by atoms with Crippen LogP contribution in [0.5, 0.6) is 11.5 Å². The zero-order valence-corrected chi connectivity index (χ0v) is 18.6. The molecule has 3 aromatic carbocycles. The molecule has 0 saturated carbocycles. The number of methoxy groups -OCH3 is 1. The number of amides is 2. The van der Waals surface area contributed by atoms with Crippen LogP contribution in [0.3, 0.4) is 0 Å². The number of nitrogens with zero attached hydrogens (tertiary/aromatic N) is 1. The van der Waals surface area contributed by atoms with E-state index >= 15 is 0 Å². The first-order valence-electron chi connectivity index (χ1n) is 10.0. The van der Waals surface area contributed by atoms with E-state index in [2.05, 4.69) is 0 Å². The fraction of sp³-hybridized carbons (Fsp3) is 0.0800. The van der Waals surface area contributed by atoms with E-state index in [1.165, 1.54) is 61.7 Å². The zero-order chi connectivity index (χ0) is 24.2. The summed E-state index contributed by atoms with van der Waals surface area (Å²) in [5.74, 6) is -2.43. The Bertz CT molecular complexity index is 1320. The van der Waals surface area contributed by atoms with Crippen LogP contribution >= 0.6 is 11.8 Å². The molecule has 2 amide bonds. The summed E-state index contributed by atoms with van der Waals surface area (Å²) in [4.78, 5) is 38.5. The minimum atomic E-state index is -0.890. The molecule has 4 rings (SSSR count). The summed E-state index contributed by atoms with van der Waals surface area (Å²) in [5.41, 5.74) is 0.504. The van der Waals surface area contributed by atoms with Gasteiger partial charge in [0.25, 0.3) is 11.1 Å². The molecule has 3 aromatic rings. The van der Waals surface area contributed by atoms with Crippen molar-refractivity contribution in [1.29, 1.82) is 0 Å². The lowest BCUT2D eigenvalue weighted by molar-refractivity contribution is -0.123. The van der Waals surface area contributed by atoms with Crippen molar-refractivity contribution in [3.63, 3.8) is 0 Å². The van der Waals surface area contributed by atoms with Gasteiger partial charge in [-0.25, -0.2) is 13.6 Å². The number of hydrogen-bond donors (Lipinski definition) is 0. The number of halogens is 2. The van der Waals surface area contributed by atoms with Crippen LogP contribution in [0.4, 0.5) is 13.6 Å². The Labute approximate surface area is 197 Å². The molecule has 172 valence electrons. The summed E-state index contributed by atoms with van der Waals surface area (Å²) in [5, 5.41) is -0.512. The third kappa shape index (κ3) is 4.84. The van der Waals surface area contributed by atoms with Crippen molar-refractivity contribution in [1.82, 2.24) is 4.90 Å². The molecule has 0 N–H and O–H groups in total. The smallest absolute Gasteiger partial charge is 0.346 e. The van der Waals surface area contributed by atoms with Gasteiger partial charge in [-0.05, 0) is 53.7 Å². The van der Waals surface area contributed by atoms with Crippen molar-refractivity contribution in [2.45, 2.75) is 6.54 Å². The Balaban J connectivity index is 1.53. The predicted octanol–water partition coefficient (Wildman–Crippen LogP) is 5.43. The number of hydrogen-bond acceptors (Lipinski definition) is 6. The molecule has 0 bridgehead atoms. The van der Waals surface area contributed by atoms with Gasteiger partial charge in [0.1, 0.15) is 11.6 Å². The fourth-order valence-corrected chi connectivity index (χ4v) is 4.06. The van der Waals surface area contributed by atoms with Crippen molar-refractivity contribution in [2.75, 3.05) is 7.11 Å². The number of rotatable bonds is 6. The maximum Gasteiger partial charge on any atom is 0.346 e. The highest BCUT2D eigenvalue weighted by Gasteiger charge is 2.35. The van der Waals surface area contributed by atoms with Gasteiger partial charge in [0, 0.05) is 5.56 Å². The number of carbonyl (C=O) groups excluding carboxylic acids is 3. The highest BCUT2D eigenvalue weighted by atomic mass is 32.2. The molecule has 0 aliphatic carbocycles. The van der Waals surface area contributed by atoms with Crippen LogP contribution in [-0.2, 0) is 11.3 Å². The number of imide groups is 1. The highest BCUT2D eigenvalue weighted by Crippen LogP contribution is 2.35. The van der Waals surface area contributed by atoms with Gasteiger partial charge in [0.15, 0.2) is 11.5 Å². The van der Waals surface area contributed by atoms with Gasteiger partial charge in [-0.1, -0.05) is 36.4 Å². The van der Waals surface area contributed by atoms with Crippen LogP contribution in [0.25, 0.3) is 6.08 Å². The van der Waals surface area contributed by atoms with Gasteiger partial charge in [0.05, 0.1) is 24.1 Å². The van der Waals surface area contributed by atoms with E-state index in [0.29, 0.717) is 5.56 Å². The lowest BCUT2D eigenvalue weighted by atomic mass is 10.1. The number of esters is 1. The summed E-state index contributed by atoms with van der Waals surface area (Å²) in [7, 11) is 1.36. The zero-order valence-electron chi connectivity index (χ0n) is 17.8. The molecule has 0 spiro atoms. The van der Waals surface area contributed by atoms with Crippen LogP contribution in [0.15, 0.2) is 71.6 Å². The molecule has 1 heterocycles. The van der Waals surface area contributed by atoms with Crippen LogP contribution in [-0.4, -0.2) is 29.1 Å². The molecule has 1 aliphatic heterocycles. The van der Waals surface area contributed by atoms with E-state index in [0.717, 1.165) is 22.7 Å². The van der Waals surface area contributed by atoms with Crippen molar-refractivity contribution in [3.8, 4) is 11.5 Å².